The molecule has 3 aromatic carbocycles. The molecule has 4 aromatic rings. The smallest absolute Gasteiger partial charge is 0.243 e. The predicted molar refractivity (Wildman–Crippen MR) is 127 cm³/mol. The molecule has 1 aliphatic rings. The van der Waals surface area contributed by atoms with Crippen molar-refractivity contribution in [1.29, 1.82) is 0 Å². The molecular weight excluding hydrogens is 437 g/mol. The van der Waals surface area contributed by atoms with Crippen LogP contribution in [0, 0.1) is 5.82 Å². The van der Waals surface area contributed by atoms with Crippen molar-refractivity contribution < 1.29 is 12.8 Å². The third kappa shape index (κ3) is 4.34. The van der Waals surface area contributed by atoms with Crippen molar-refractivity contribution in [1.82, 2.24) is 14.1 Å². The maximum absolute atomic E-state index is 13.2. The van der Waals surface area contributed by atoms with Crippen LogP contribution in [0.15, 0.2) is 95.9 Å². The van der Waals surface area contributed by atoms with Gasteiger partial charge in [0.2, 0.25) is 10.0 Å². The lowest BCUT2D eigenvalue weighted by Gasteiger charge is -2.32. The van der Waals surface area contributed by atoms with Gasteiger partial charge in [0.1, 0.15) is 5.82 Å². The van der Waals surface area contributed by atoms with Gasteiger partial charge in [-0.05, 0) is 48.7 Å². The first-order valence-corrected chi connectivity index (χ1v) is 12.4. The molecule has 0 unspecified atom stereocenters. The lowest BCUT2D eigenvalue weighted by atomic mass is 10.1. The van der Waals surface area contributed by atoms with E-state index < -0.39 is 15.8 Å². The van der Waals surface area contributed by atoms with Crippen LogP contribution in [0.25, 0.3) is 22.5 Å². The fraction of sp³-hybridized carbons (Fsp3) is 0.192. The van der Waals surface area contributed by atoms with E-state index in [1.807, 2.05) is 48.5 Å². The molecule has 33 heavy (non-hydrogen) atoms. The summed E-state index contributed by atoms with van der Waals surface area (Å²) in [6, 6.07) is 27.4. The number of piperidine rings is 1. The highest BCUT2D eigenvalue weighted by atomic mass is 32.2. The number of rotatable bonds is 5. The summed E-state index contributed by atoms with van der Waals surface area (Å²) >= 11 is 0. The molecule has 0 saturated carbocycles. The van der Waals surface area contributed by atoms with Crippen LogP contribution < -0.4 is 0 Å². The standard InChI is InChI=1S/C26H24FN3O2S/c27-22-11-13-24(14-12-22)33(31,32)29-17-15-23(16-18-29)30-26(21-9-5-2-6-10-21)19-25(28-30)20-7-3-1-4-8-20/h1-14,19,23H,15-18H2. The molecular formula is C26H24FN3O2S. The summed E-state index contributed by atoms with van der Waals surface area (Å²) in [5, 5.41) is 4.94. The minimum absolute atomic E-state index is 0.0809. The van der Waals surface area contributed by atoms with E-state index in [1.54, 1.807) is 0 Å². The molecule has 0 spiro atoms. The van der Waals surface area contributed by atoms with Gasteiger partial charge in [-0.25, -0.2) is 12.8 Å². The van der Waals surface area contributed by atoms with Crippen LogP contribution in [-0.4, -0.2) is 35.6 Å². The highest BCUT2D eigenvalue weighted by Gasteiger charge is 2.31. The molecule has 1 saturated heterocycles. The summed E-state index contributed by atoms with van der Waals surface area (Å²) < 4.78 is 42.8. The van der Waals surface area contributed by atoms with E-state index in [-0.39, 0.29) is 10.9 Å². The molecule has 1 aliphatic heterocycles. The summed E-state index contributed by atoms with van der Waals surface area (Å²) in [6.45, 7) is 0.776. The fourth-order valence-electron chi connectivity index (χ4n) is 4.33. The van der Waals surface area contributed by atoms with Crippen molar-refractivity contribution in [2.75, 3.05) is 13.1 Å². The van der Waals surface area contributed by atoms with Crippen LogP contribution in [0.3, 0.4) is 0 Å². The molecule has 1 aromatic heterocycles. The number of sulfonamides is 1. The first kappa shape index (κ1) is 21.6. The van der Waals surface area contributed by atoms with Gasteiger partial charge in [0.25, 0.3) is 0 Å². The molecule has 0 atom stereocenters. The Kier molecular flexibility index (Phi) is 5.83. The Hall–Kier alpha value is -3.29. The number of halogens is 1. The maximum atomic E-state index is 13.2. The highest BCUT2D eigenvalue weighted by Crippen LogP contribution is 2.33. The Morgan fingerprint density at radius 3 is 1.97 bits per heavy atom. The van der Waals surface area contributed by atoms with E-state index in [1.165, 1.54) is 28.6 Å². The topological polar surface area (TPSA) is 55.2 Å². The summed E-state index contributed by atoms with van der Waals surface area (Å²) in [5.74, 6) is -0.450. The molecule has 0 amide bonds. The second-order valence-electron chi connectivity index (χ2n) is 8.18. The third-order valence-corrected chi connectivity index (χ3v) is 8.01. The lowest BCUT2D eigenvalue weighted by Crippen LogP contribution is -2.39. The zero-order valence-corrected chi connectivity index (χ0v) is 18.8. The SMILES string of the molecule is O=S(=O)(c1ccc(F)cc1)N1CCC(n2nc(-c3ccccc3)cc2-c2ccccc2)CC1. The van der Waals surface area contributed by atoms with Crippen LogP contribution in [0.1, 0.15) is 18.9 Å². The molecule has 7 heteroatoms. The van der Waals surface area contributed by atoms with Crippen LogP contribution >= 0.6 is 0 Å². The van der Waals surface area contributed by atoms with E-state index in [4.69, 9.17) is 5.10 Å². The molecule has 0 radical (unpaired) electrons. The Morgan fingerprint density at radius 1 is 0.788 bits per heavy atom. The van der Waals surface area contributed by atoms with Crippen LogP contribution in [0.2, 0.25) is 0 Å². The minimum atomic E-state index is -3.65. The summed E-state index contributed by atoms with van der Waals surface area (Å²) in [7, 11) is -3.65. The number of aromatic nitrogens is 2. The largest absolute Gasteiger partial charge is 0.261 e. The Labute approximate surface area is 193 Å². The van der Waals surface area contributed by atoms with Gasteiger partial charge in [-0.1, -0.05) is 60.7 Å². The Morgan fingerprint density at radius 2 is 1.36 bits per heavy atom. The number of hydrogen-bond donors (Lipinski definition) is 0. The van der Waals surface area contributed by atoms with Crippen molar-refractivity contribution in [3.8, 4) is 22.5 Å². The van der Waals surface area contributed by atoms with Crippen LogP contribution in [0.5, 0.6) is 0 Å². The molecule has 1 fully saturated rings. The average molecular weight is 462 g/mol. The van der Waals surface area contributed by atoms with Crippen molar-refractivity contribution in [2.45, 2.75) is 23.8 Å². The quantitative estimate of drug-likeness (QED) is 0.401. The molecule has 5 rings (SSSR count). The lowest BCUT2D eigenvalue weighted by molar-refractivity contribution is 0.263. The van der Waals surface area contributed by atoms with Gasteiger partial charge in [-0.2, -0.15) is 9.40 Å². The molecule has 0 aliphatic carbocycles. The minimum Gasteiger partial charge on any atom is -0.261 e. The Balaban J connectivity index is 1.42. The first-order valence-electron chi connectivity index (χ1n) is 11.0. The second kappa shape index (κ2) is 8.92. The van der Waals surface area contributed by atoms with Crippen molar-refractivity contribution in [3.05, 3.63) is 96.8 Å². The van der Waals surface area contributed by atoms with Crippen molar-refractivity contribution >= 4 is 10.0 Å². The molecule has 0 bridgehead atoms. The number of benzene rings is 3. The van der Waals surface area contributed by atoms with E-state index in [2.05, 4.69) is 22.9 Å². The van der Waals surface area contributed by atoms with Crippen LogP contribution in [-0.2, 0) is 10.0 Å². The summed E-state index contributed by atoms with van der Waals surface area (Å²) in [4.78, 5) is 0.123. The number of hydrogen-bond acceptors (Lipinski definition) is 3. The van der Waals surface area contributed by atoms with E-state index in [9.17, 15) is 12.8 Å². The van der Waals surface area contributed by atoms with Gasteiger partial charge in [0, 0.05) is 18.7 Å². The molecule has 0 N–H and O–H groups in total. The highest BCUT2D eigenvalue weighted by molar-refractivity contribution is 7.89. The zero-order valence-electron chi connectivity index (χ0n) is 18.0. The third-order valence-electron chi connectivity index (χ3n) is 6.10. The number of nitrogens with zero attached hydrogens (tertiary/aromatic N) is 3. The average Bonchev–Trinajstić information content (AvgIpc) is 3.31. The van der Waals surface area contributed by atoms with E-state index in [0.29, 0.717) is 25.9 Å². The normalized spacial score (nSPS) is 15.5. The van der Waals surface area contributed by atoms with E-state index in [0.717, 1.165) is 22.5 Å². The zero-order chi connectivity index (χ0) is 22.8. The van der Waals surface area contributed by atoms with Crippen molar-refractivity contribution in [3.63, 3.8) is 0 Å². The first-order chi connectivity index (χ1) is 16.0. The van der Waals surface area contributed by atoms with Crippen LogP contribution in [0.4, 0.5) is 4.39 Å². The molecule has 168 valence electrons. The Bertz CT molecular complexity index is 1330. The van der Waals surface area contributed by atoms with E-state index >= 15 is 0 Å². The molecule has 2 heterocycles. The van der Waals surface area contributed by atoms with Gasteiger partial charge >= 0.3 is 0 Å². The predicted octanol–water partition coefficient (Wildman–Crippen LogP) is 5.38. The van der Waals surface area contributed by atoms with Gasteiger partial charge in [-0.15, -0.1) is 0 Å². The van der Waals surface area contributed by atoms with Gasteiger partial charge < -0.3 is 0 Å². The maximum Gasteiger partial charge on any atom is 0.243 e. The summed E-state index contributed by atoms with van der Waals surface area (Å²) in [6.07, 6.45) is 1.30. The second-order valence-corrected chi connectivity index (χ2v) is 10.1. The van der Waals surface area contributed by atoms with Gasteiger partial charge in [0.15, 0.2) is 0 Å². The van der Waals surface area contributed by atoms with Crippen molar-refractivity contribution in [2.24, 2.45) is 0 Å². The van der Waals surface area contributed by atoms with Gasteiger partial charge in [0.05, 0.1) is 22.3 Å². The summed E-state index contributed by atoms with van der Waals surface area (Å²) in [5.41, 5.74) is 4.04. The fourth-order valence-corrected chi connectivity index (χ4v) is 5.80. The van der Waals surface area contributed by atoms with Gasteiger partial charge in [-0.3, -0.25) is 4.68 Å². The molecule has 5 nitrogen and oxygen atoms in total. The monoisotopic (exact) mass is 461 g/mol.